The van der Waals surface area contributed by atoms with Gasteiger partial charge in [0.15, 0.2) is 11.4 Å². The zero-order valence-corrected chi connectivity index (χ0v) is 38.5. The predicted molar refractivity (Wildman–Crippen MR) is 235 cm³/mol. The van der Waals surface area contributed by atoms with Crippen LogP contribution in [0.25, 0.3) is 0 Å². The van der Waals surface area contributed by atoms with Crippen LogP contribution in [0.1, 0.15) is 87.4 Å². The third kappa shape index (κ3) is 15.3. The van der Waals surface area contributed by atoms with Crippen LogP contribution in [-0.2, 0) is 69.1 Å². The van der Waals surface area contributed by atoms with Gasteiger partial charge in [0.25, 0.3) is 17.7 Å². The van der Waals surface area contributed by atoms with Crippen LogP contribution < -0.4 is 21.3 Å². The van der Waals surface area contributed by atoms with Crippen LogP contribution in [0.3, 0.4) is 0 Å². The number of hydrogen-bond donors (Lipinski definition) is 4. The number of halogens is 8. The Morgan fingerprint density at radius 2 is 1.08 bits per heavy atom. The van der Waals surface area contributed by atoms with Gasteiger partial charge in [0, 0.05) is 43.7 Å². The Morgan fingerprint density at radius 3 is 1.65 bits per heavy atom. The van der Waals surface area contributed by atoms with Gasteiger partial charge in [-0.15, -0.1) is 30.6 Å². The van der Waals surface area contributed by atoms with E-state index in [0.717, 1.165) is 68.7 Å². The van der Waals surface area contributed by atoms with Crippen LogP contribution in [-0.4, -0.2) is 101 Å². The Balaban J connectivity index is 0.778. The van der Waals surface area contributed by atoms with E-state index in [0.29, 0.717) is 21.3 Å². The first-order valence-electron chi connectivity index (χ1n) is 21.2. The lowest BCUT2D eigenvalue weighted by Crippen LogP contribution is -2.24. The number of hydrogen-bond acceptors (Lipinski definition) is 17. The first kappa shape index (κ1) is 52.0. The minimum absolute atomic E-state index is 0.00852. The first-order valence-corrected chi connectivity index (χ1v) is 22.8. The van der Waals surface area contributed by atoms with Gasteiger partial charge in [-0.2, -0.15) is 26.3 Å². The normalized spacial score (nSPS) is 12.6. The number of aryl methyl sites for hydroxylation is 2. The Hall–Kier alpha value is -7.83. The summed E-state index contributed by atoms with van der Waals surface area (Å²) in [4.78, 5) is 62.4. The second-order valence-electron chi connectivity index (χ2n) is 15.4. The highest BCUT2D eigenvalue weighted by Crippen LogP contribution is 2.30. The molecule has 7 aromatic rings. The van der Waals surface area contributed by atoms with Crippen molar-refractivity contribution in [3.63, 3.8) is 0 Å². The number of pyridine rings is 3. The Labute approximate surface area is 408 Å². The minimum atomic E-state index is -4.57. The van der Waals surface area contributed by atoms with Crippen LogP contribution in [0.4, 0.5) is 40.3 Å². The van der Waals surface area contributed by atoms with Crippen LogP contribution >= 0.6 is 22.7 Å². The number of carbonyl (C=O) groups is 4. The van der Waals surface area contributed by atoms with E-state index in [1.807, 2.05) is 0 Å². The maximum atomic E-state index is 14.9. The molecule has 0 aliphatic carbocycles. The quantitative estimate of drug-likeness (QED) is 0.0670. The summed E-state index contributed by atoms with van der Waals surface area (Å²) in [6.07, 6.45) is -6.11. The summed E-state index contributed by atoms with van der Waals surface area (Å²) in [6.45, 7) is -1.08. The highest BCUT2D eigenvalue weighted by Gasteiger charge is 2.32. The summed E-state index contributed by atoms with van der Waals surface area (Å²) >= 11 is 1.94. The number of anilines is 1. The SMILES string of the molecule is O=C(Cc1cc(CNC(=O)c2cn(CC(F)CCc3nnc(C(=O)NCc4cc(C(F)(F)F)ccn4)s3)nn2)ccn1)Nc1nnc(CCC(F)Cn2cc(C(=O)NCc3cc(C(F)(F)F)ccn3)nn2)s1. The third-order valence-electron chi connectivity index (χ3n) is 9.85. The van der Waals surface area contributed by atoms with Crippen molar-refractivity contribution >= 4 is 51.4 Å². The highest BCUT2D eigenvalue weighted by atomic mass is 32.1. The Bertz CT molecular complexity index is 3000. The minimum Gasteiger partial charge on any atom is -0.347 e. The predicted octanol–water partition coefficient (Wildman–Crippen LogP) is 4.71. The van der Waals surface area contributed by atoms with Crippen molar-refractivity contribution in [2.45, 2.75) is 89.5 Å². The van der Waals surface area contributed by atoms with E-state index in [1.54, 1.807) is 12.1 Å². The summed E-state index contributed by atoms with van der Waals surface area (Å²) in [5.74, 6) is -2.51. The molecule has 7 aromatic heterocycles. The molecule has 21 nitrogen and oxygen atoms in total. The van der Waals surface area contributed by atoms with Gasteiger partial charge in [-0.05, 0) is 54.8 Å². The Kier molecular flexibility index (Phi) is 16.9. The highest BCUT2D eigenvalue weighted by molar-refractivity contribution is 7.15. The molecule has 0 fully saturated rings. The number of aromatic nitrogens is 13. The molecule has 31 heteroatoms. The Morgan fingerprint density at radius 1 is 0.583 bits per heavy atom. The molecule has 2 atom stereocenters. The number of nitrogens with zero attached hydrogens (tertiary/aromatic N) is 13. The molecule has 2 unspecified atom stereocenters. The number of rotatable bonds is 22. The fourth-order valence-corrected chi connectivity index (χ4v) is 7.87. The van der Waals surface area contributed by atoms with Crippen molar-refractivity contribution in [2.24, 2.45) is 0 Å². The van der Waals surface area contributed by atoms with E-state index in [2.05, 4.69) is 77.2 Å². The van der Waals surface area contributed by atoms with Crippen molar-refractivity contribution < 1.29 is 54.3 Å². The van der Waals surface area contributed by atoms with E-state index >= 15 is 0 Å². The van der Waals surface area contributed by atoms with Crippen LogP contribution in [0.2, 0.25) is 0 Å². The first-order chi connectivity index (χ1) is 34.3. The van der Waals surface area contributed by atoms with Gasteiger partial charge in [0.2, 0.25) is 16.0 Å². The summed E-state index contributed by atoms with van der Waals surface area (Å²) < 4.78 is 110. The van der Waals surface area contributed by atoms with Crippen molar-refractivity contribution in [1.82, 2.24) is 81.3 Å². The maximum absolute atomic E-state index is 14.9. The fraction of sp³-hybridized carbons (Fsp3) is 0.341. The molecule has 7 heterocycles. The molecule has 378 valence electrons. The molecule has 0 radical (unpaired) electrons. The summed E-state index contributed by atoms with van der Waals surface area (Å²) in [6, 6.07) is 6.47. The molecule has 0 aromatic carbocycles. The fourth-order valence-electron chi connectivity index (χ4n) is 6.33. The van der Waals surface area contributed by atoms with Crippen LogP contribution in [0, 0.1) is 0 Å². The zero-order valence-electron chi connectivity index (χ0n) is 36.9. The van der Waals surface area contributed by atoms with Gasteiger partial charge in [0.05, 0.1) is 67.5 Å². The molecule has 7 rings (SSSR count). The van der Waals surface area contributed by atoms with Gasteiger partial charge in [-0.3, -0.25) is 34.1 Å². The molecule has 0 saturated carbocycles. The number of nitrogens with one attached hydrogen (secondary N) is 4. The lowest BCUT2D eigenvalue weighted by atomic mass is 10.2. The third-order valence-corrected chi connectivity index (χ3v) is 11.7. The van der Waals surface area contributed by atoms with Gasteiger partial charge >= 0.3 is 12.4 Å². The number of carbonyl (C=O) groups excluding carboxylic acids is 4. The molecule has 0 aliphatic heterocycles. The van der Waals surface area contributed by atoms with E-state index in [-0.39, 0.29) is 97.7 Å². The molecular formula is C41H37F8N17O4S2. The molecule has 4 N–H and O–H groups in total. The van der Waals surface area contributed by atoms with E-state index in [9.17, 15) is 54.3 Å². The topological polar surface area (TPSA) is 268 Å². The van der Waals surface area contributed by atoms with Gasteiger partial charge in [-0.25, -0.2) is 18.1 Å². The van der Waals surface area contributed by atoms with Gasteiger partial charge < -0.3 is 21.3 Å². The molecule has 72 heavy (non-hydrogen) atoms. The standard InChI is InChI=1S/C41H37F8N17O4S2/c42-25(1-3-33-59-61-38(71-33)37(70)55-17-29-13-24(7-10-52-29)41(47,48)49)18-65-20-30(57-63-65)35(68)53-15-22-5-8-50-27(11-22)14-32(67)56-39-62-60-34(72-39)4-2-26(43)19-66-21-31(58-64-66)36(69)54-16-28-12-23(6-9-51-28)40(44,45)46/h5-13,20-21,25-26H,1-4,14-19H2,(H,53,68)(H,54,69)(H,55,70)(H,56,62,67). The number of alkyl halides is 8. The van der Waals surface area contributed by atoms with Crippen LogP contribution in [0.15, 0.2) is 67.4 Å². The average Bonchev–Trinajstić information content (AvgIpc) is 4.20. The molecule has 0 aliphatic rings. The lowest BCUT2D eigenvalue weighted by Gasteiger charge is -2.08. The van der Waals surface area contributed by atoms with Gasteiger partial charge in [-0.1, -0.05) is 33.1 Å². The molecular weight excluding hydrogens is 1010 g/mol. The van der Waals surface area contributed by atoms with Crippen molar-refractivity contribution in [3.8, 4) is 0 Å². The second-order valence-corrected chi connectivity index (χ2v) is 17.5. The van der Waals surface area contributed by atoms with Crippen molar-refractivity contribution in [1.29, 1.82) is 0 Å². The van der Waals surface area contributed by atoms with Crippen molar-refractivity contribution in [3.05, 3.63) is 128 Å². The largest absolute Gasteiger partial charge is 0.416 e. The smallest absolute Gasteiger partial charge is 0.347 e. The second kappa shape index (κ2) is 23.4. The van der Waals surface area contributed by atoms with Gasteiger partial charge in [0.1, 0.15) is 22.4 Å². The molecule has 0 bridgehead atoms. The zero-order chi connectivity index (χ0) is 51.4. The van der Waals surface area contributed by atoms with E-state index in [4.69, 9.17) is 0 Å². The maximum Gasteiger partial charge on any atom is 0.416 e. The lowest BCUT2D eigenvalue weighted by molar-refractivity contribution is -0.138. The molecule has 4 amide bonds. The number of amides is 4. The van der Waals surface area contributed by atoms with Crippen molar-refractivity contribution in [2.75, 3.05) is 5.32 Å². The van der Waals surface area contributed by atoms with E-state index < -0.39 is 59.5 Å². The monoisotopic (exact) mass is 1050 g/mol. The molecule has 0 spiro atoms. The van der Waals surface area contributed by atoms with E-state index in [1.165, 1.54) is 18.6 Å². The summed E-state index contributed by atoms with van der Waals surface area (Å²) in [5, 5.41) is 41.7. The summed E-state index contributed by atoms with van der Waals surface area (Å²) in [5.41, 5.74) is -1.15. The van der Waals surface area contributed by atoms with Crippen LogP contribution in [0.5, 0.6) is 0 Å². The molecule has 0 saturated heterocycles. The summed E-state index contributed by atoms with van der Waals surface area (Å²) in [7, 11) is 0. The average molecular weight is 1050 g/mol.